The minimum atomic E-state index is -0.962. The molecule has 6 nitrogen and oxygen atoms in total. The number of carboxylic acids is 2. The minimum Gasteiger partial charge on any atom is -0.481 e. The van der Waals surface area contributed by atoms with E-state index in [2.05, 4.69) is 0 Å². The second-order valence-electron chi connectivity index (χ2n) is 2.80. The van der Waals surface area contributed by atoms with Crippen LogP contribution in [-0.2, 0) is 9.59 Å². The molecule has 0 unspecified atom stereocenters. The van der Waals surface area contributed by atoms with E-state index in [1.165, 1.54) is 0 Å². The quantitative estimate of drug-likeness (QED) is 0.331. The largest absolute Gasteiger partial charge is 0.481 e. The topological polar surface area (TPSA) is 122 Å². The molecule has 4 N–H and O–H groups in total. The molecule has 0 radical (unpaired) electrons. The number of carbonyl (C=O) groups is 2. The van der Waals surface area contributed by atoms with Gasteiger partial charge in [0, 0.05) is 12.8 Å². The molecule has 0 aliphatic rings. The van der Waals surface area contributed by atoms with Gasteiger partial charge in [-0.1, -0.05) is 0 Å². The first kappa shape index (κ1) is 15.0. The molecule has 0 aromatic rings. The van der Waals surface area contributed by atoms with Crippen molar-refractivity contribution in [2.45, 2.75) is 25.7 Å². The first-order chi connectivity index (χ1) is 7.41. The molecular formula is C8H12N2O4S2. The Hall–Kier alpha value is -1.02. The van der Waals surface area contributed by atoms with Crippen molar-refractivity contribution < 1.29 is 19.8 Å². The lowest BCUT2D eigenvalue weighted by atomic mass is 10.3. The second kappa shape index (κ2) is 8.17. The Balaban J connectivity index is 3.63. The van der Waals surface area contributed by atoms with E-state index in [-0.39, 0.29) is 35.8 Å². The molecule has 0 aliphatic heterocycles. The third-order valence-electron chi connectivity index (χ3n) is 1.37. The molecule has 0 aromatic heterocycles. The highest BCUT2D eigenvalue weighted by atomic mass is 33.1. The van der Waals surface area contributed by atoms with E-state index in [1.54, 1.807) is 0 Å². The molecule has 0 aromatic carbocycles. The number of rotatable bonds is 6. The van der Waals surface area contributed by atoms with Crippen LogP contribution in [0.5, 0.6) is 0 Å². The lowest BCUT2D eigenvalue weighted by Crippen LogP contribution is -2.00. The Morgan fingerprint density at radius 2 is 1.12 bits per heavy atom. The maximum absolute atomic E-state index is 10.2. The number of carboxylic acid groups (broad SMARTS) is 2. The van der Waals surface area contributed by atoms with Gasteiger partial charge in [-0.3, -0.25) is 20.4 Å². The third kappa shape index (κ3) is 9.53. The first-order valence-corrected chi connectivity index (χ1v) is 6.49. The Bertz CT molecular complexity index is 276. The van der Waals surface area contributed by atoms with E-state index in [1.807, 2.05) is 0 Å². The van der Waals surface area contributed by atoms with Gasteiger partial charge < -0.3 is 10.2 Å². The van der Waals surface area contributed by atoms with E-state index in [9.17, 15) is 9.59 Å². The molecule has 0 heterocycles. The number of hydrogen-bond acceptors (Lipinski definition) is 6. The van der Waals surface area contributed by atoms with Crippen molar-refractivity contribution in [1.29, 1.82) is 10.8 Å². The molecule has 0 amide bonds. The fourth-order valence-corrected chi connectivity index (χ4v) is 2.30. The van der Waals surface area contributed by atoms with Gasteiger partial charge in [0.1, 0.15) is 0 Å². The van der Waals surface area contributed by atoms with Crippen molar-refractivity contribution >= 4 is 43.6 Å². The van der Waals surface area contributed by atoms with Crippen molar-refractivity contribution in [1.82, 2.24) is 0 Å². The summed E-state index contributed by atoms with van der Waals surface area (Å²) in [6.07, 6.45) is 0.0716. The summed E-state index contributed by atoms with van der Waals surface area (Å²) in [6.45, 7) is 0. The molecule has 0 fully saturated rings. The average Bonchev–Trinajstić information content (AvgIpc) is 2.20. The molecule has 0 aliphatic carbocycles. The van der Waals surface area contributed by atoms with E-state index in [4.69, 9.17) is 21.0 Å². The average molecular weight is 264 g/mol. The maximum Gasteiger partial charge on any atom is 0.303 e. The Kier molecular flexibility index (Phi) is 7.65. The molecule has 0 bridgehead atoms. The van der Waals surface area contributed by atoms with Crippen LogP contribution < -0.4 is 0 Å². The second-order valence-corrected chi connectivity index (χ2v) is 5.12. The maximum atomic E-state index is 10.2. The molecule has 8 heteroatoms. The monoisotopic (exact) mass is 264 g/mol. The third-order valence-corrected chi connectivity index (χ3v) is 3.73. The van der Waals surface area contributed by atoms with E-state index in [0.29, 0.717) is 0 Å². The van der Waals surface area contributed by atoms with Gasteiger partial charge in [0.15, 0.2) is 0 Å². The van der Waals surface area contributed by atoms with Crippen LogP contribution in [0.2, 0.25) is 0 Å². The van der Waals surface area contributed by atoms with Crippen molar-refractivity contribution in [2.75, 3.05) is 0 Å². The van der Waals surface area contributed by atoms with Crippen LogP contribution >= 0.6 is 21.6 Å². The van der Waals surface area contributed by atoms with Gasteiger partial charge in [-0.15, -0.1) is 0 Å². The Morgan fingerprint density at radius 3 is 1.38 bits per heavy atom. The van der Waals surface area contributed by atoms with Crippen LogP contribution in [0.25, 0.3) is 0 Å². The zero-order valence-electron chi connectivity index (χ0n) is 8.36. The fourth-order valence-electron chi connectivity index (χ4n) is 0.625. The molecule has 0 spiro atoms. The van der Waals surface area contributed by atoms with Gasteiger partial charge in [0.25, 0.3) is 0 Å². The Labute approximate surface area is 100 Å². The summed E-state index contributed by atoms with van der Waals surface area (Å²) >= 11 is 0. The smallest absolute Gasteiger partial charge is 0.303 e. The normalized spacial score (nSPS) is 9.75. The highest BCUT2D eigenvalue weighted by Crippen LogP contribution is 2.27. The van der Waals surface area contributed by atoms with Crippen LogP contribution in [0.1, 0.15) is 25.7 Å². The van der Waals surface area contributed by atoms with E-state index >= 15 is 0 Å². The summed E-state index contributed by atoms with van der Waals surface area (Å²) in [5, 5.41) is 31.8. The van der Waals surface area contributed by atoms with Gasteiger partial charge in [0.2, 0.25) is 0 Å². The minimum absolute atomic E-state index is 0.102. The highest BCUT2D eigenvalue weighted by Gasteiger charge is 2.07. The van der Waals surface area contributed by atoms with Crippen molar-refractivity contribution in [3.05, 3.63) is 0 Å². The summed E-state index contributed by atoms with van der Waals surface area (Å²) < 4.78 is 0. The molecular weight excluding hydrogens is 252 g/mol. The first-order valence-electron chi connectivity index (χ1n) is 4.34. The van der Waals surface area contributed by atoms with Crippen molar-refractivity contribution in [3.63, 3.8) is 0 Å². The van der Waals surface area contributed by atoms with Crippen LogP contribution in [0.3, 0.4) is 0 Å². The van der Waals surface area contributed by atoms with Gasteiger partial charge >= 0.3 is 11.9 Å². The number of nitrogens with one attached hydrogen (secondary N) is 2. The van der Waals surface area contributed by atoms with Gasteiger partial charge in [-0.25, -0.2) is 0 Å². The highest BCUT2D eigenvalue weighted by molar-refractivity contribution is 8.87. The van der Waals surface area contributed by atoms with Crippen molar-refractivity contribution in [3.8, 4) is 0 Å². The van der Waals surface area contributed by atoms with E-state index in [0.717, 1.165) is 21.6 Å². The van der Waals surface area contributed by atoms with Gasteiger partial charge in [-0.05, 0) is 21.6 Å². The number of aliphatic carboxylic acids is 2. The van der Waals surface area contributed by atoms with Crippen LogP contribution in [0, 0.1) is 10.8 Å². The predicted molar refractivity (Wildman–Crippen MR) is 64.4 cm³/mol. The molecule has 90 valence electrons. The Morgan fingerprint density at radius 1 is 0.812 bits per heavy atom. The molecule has 0 saturated heterocycles. The summed E-state index contributed by atoms with van der Waals surface area (Å²) in [4.78, 5) is 20.4. The summed E-state index contributed by atoms with van der Waals surface area (Å²) in [6, 6.07) is 0. The molecule has 0 atom stereocenters. The van der Waals surface area contributed by atoms with Crippen LogP contribution in [0.4, 0.5) is 0 Å². The zero-order valence-corrected chi connectivity index (χ0v) is 9.99. The predicted octanol–water partition coefficient (Wildman–Crippen LogP) is 2.05. The molecule has 0 saturated carbocycles. The molecule has 16 heavy (non-hydrogen) atoms. The van der Waals surface area contributed by atoms with E-state index < -0.39 is 11.9 Å². The lowest BCUT2D eigenvalue weighted by Gasteiger charge is -2.02. The summed E-state index contributed by atoms with van der Waals surface area (Å²) in [5.41, 5.74) is 0. The van der Waals surface area contributed by atoms with Crippen molar-refractivity contribution in [2.24, 2.45) is 0 Å². The van der Waals surface area contributed by atoms with Crippen LogP contribution in [-0.4, -0.2) is 32.2 Å². The standard InChI is InChI=1S/C8H12N2O4S2/c9-5(1-3-7(11)12)15-16-6(10)2-4-8(13)14/h9-10H,1-4H2,(H,11,12)(H,13,14). The SMILES string of the molecule is N=C(CCC(=O)O)SSC(=N)CCC(=O)O. The van der Waals surface area contributed by atoms with Gasteiger partial charge in [-0.2, -0.15) is 0 Å². The molecule has 0 rings (SSSR count). The summed E-state index contributed by atoms with van der Waals surface area (Å²) in [7, 11) is 1.99. The number of hydrogen-bond donors (Lipinski definition) is 4. The van der Waals surface area contributed by atoms with Crippen LogP contribution in [0.15, 0.2) is 0 Å². The zero-order chi connectivity index (χ0) is 12.6. The lowest BCUT2D eigenvalue weighted by molar-refractivity contribution is -0.137. The summed E-state index contributed by atoms with van der Waals surface area (Å²) in [5.74, 6) is -1.92. The van der Waals surface area contributed by atoms with Gasteiger partial charge in [0.05, 0.1) is 22.9 Å². The fraction of sp³-hybridized carbons (Fsp3) is 0.500.